The molecule has 5 heteroatoms. The topological polar surface area (TPSA) is 54.9 Å². The van der Waals surface area contributed by atoms with E-state index >= 15 is 0 Å². The van der Waals surface area contributed by atoms with Gasteiger partial charge in [0, 0.05) is 29.0 Å². The van der Waals surface area contributed by atoms with Gasteiger partial charge in [-0.05, 0) is 48.9 Å². The van der Waals surface area contributed by atoms with Crippen molar-refractivity contribution in [2.75, 3.05) is 5.32 Å². The first-order chi connectivity index (χ1) is 13.1. The fourth-order valence-electron chi connectivity index (χ4n) is 2.94. The average Bonchev–Trinajstić information content (AvgIpc) is 2.70. The number of fused-ring (bicyclic) bond motifs is 1. The van der Waals surface area contributed by atoms with E-state index in [1.165, 1.54) is 12.1 Å². The number of benzene rings is 2. The molecule has 0 unspecified atom stereocenters. The number of amides is 1. The van der Waals surface area contributed by atoms with Gasteiger partial charge in [-0.3, -0.25) is 9.78 Å². The van der Waals surface area contributed by atoms with E-state index in [0.717, 1.165) is 16.5 Å². The van der Waals surface area contributed by atoms with Gasteiger partial charge >= 0.3 is 0 Å². The molecular weight excluding hydrogens is 341 g/mol. The molecule has 0 spiro atoms. The summed E-state index contributed by atoms with van der Waals surface area (Å²) in [6, 6.07) is 17.2. The summed E-state index contributed by atoms with van der Waals surface area (Å²) in [4.78, 5) is 21.8. The number of nitrogens with zero attached hydrogens (tertiary/aromatic N) is 2. The third-order valence-corrected chi connectivity index (χ3v) is 4.37. The predicted octanol–water partition coefficient (Wildman–Crippen LogP) is 5.00. The highest BCUT2D eigenvalue weighted by molar-refractivity contribution is 6.13. The second-order valence-electron chi connectivity index (χ2n) is 6.23. The molecule has 1 N–H and O–H groups in total. The third-order valence-electron chi connectivity index (χ3n) is 4.37. The van der Waals surface area contributed by atoms with E-state index in [2.05, 4.69) is 15.3 Å². The average molecular weight is 357 g/mol. The first-order valence-corrected chi connectivity index (χ1v) is 8.49. The standard InChI is InChI=1S/C22H16FN3O/c1-14-8-9-16(23)11-20(14)26-22(27)18-12-21(15-5-4-10-24-13-15)25-19-7-3-2-6-17(18)19/h2-13H,1H3,(H,26,27). The highest BCUT2D eigenvalue weighted by atomic mass is 19.1. The lowest BCUT2D eigenvalue weighted by Gasteiger charge is -2.12. The number of carbonyl (C=O) groups is 1. The fraction of sp³-hybridized carbons (Fsp3) is 0.0455. The highest BCUT2D eigenvalue weighted by Gasteiger charge is 2.15. The van der Waals surface area contributed by atoms with E-state index in [9.17, 15) is 9.18 Å². The van der Waals surface area contributed by atoms with Crippen LogP contribution in [-0.4, -0.2) is 15.9 Å². The molecule has 0 saturated carbocycles. The van der Waals surface area contributed by atoms with Crippen molar-refractivity contribution in [1.29, 1.82) is 0 Å². The summed E-state index contributed by atoms with van der Waals surface area (Å²) in [6.45, 7) is 1.82. The van der Waals surface area contributed by atoms with E-state index in [1.54, 1.807) is 24.5 Å². The number of hydrogen-bond donors (Lipinski definition) is 1. The lowest BCUT2D eigenvalue weighted by Crippen LogP contribution is -2.14. The maximum absolute atomic E-state index is 13.6. The van der Waals surface area contributed by atoms with Crippen molar-refractivity contribution in [2.24, 2.45) is 0 Å². The van der Waals surface area contributed by atoms with Gasteiger partial charge in [0.2, 0.25) is 0 Å². The van der Waals surface area contributed by atoms with Crippen LogP contribution in [0.3, 0.4) is 0 Å². The van der Waals surface area contributed by atoms with E-state index < -0.39 is 5.82 Å². The summed E-state index contributed by atoms with van der Waals surface area (Å²) < 4.78 is 13.6. The number of aromatic nitrogens is 2. The number of pyridine rings is 2. The van der Waals surface area contributed by atoms with Crippen LogP contribution in [0.2, 0.25) is 0 Å². The Labute approximate surface area is 155 Å². The molecule has 132 valence electrons. The maximum atomic E-state index is 13.6. The maximum Gasteiger partial charge on any atom is 0.256 e. The van der Waals surface area contributed by atoms with Crippen molar-refractivity contribution < 1.29 is 9.18 Å². The normalized spacial score (nSPS) is 10.7. The zero-order valence-electron chi connectivity index (χ0n) is 14.6. The number of carbonyl (C=O) groups excluding carboxylic acids is 1. The van der Waals surface area contributed by atoms with Crippen molar-refractivity contribution in [3.8, 4) is 11.3 Å². The second-order valence-corrected chi connectivity index (χ2v) is 6.23. The SMILES string of the molecule is Cc1ccc(F)cc1NC(=O)c1cc(-c2cccnc2)nc2ccccc12. The second kappa shape index (κ2) is 6.96. The van der Waals surface area contributed by atoms with E-state index in [-0.39, 0.29) is 5.91 Å². The van der Waals surface area contributed by atoms with E-state index in [4.69, 9.17) is 0 Å². The predicted molar refractivity (Wildman–Crippen MR) is 104 cm³/mol. The Morgan fingerprint density at radius 1 is 1.04 bits per heavy atom. The molecular formula is C22H16FN3O. The Balaban J connectivity index is 1.82. The smallest absolute Gasteiger partial charge is 0.256 e. The van der Waals surface area contributed by atoms with E-state index in [1.807, 2.05) is 43.3 Å². The minimum absolute atomic E-state index is 0.313. The number of aryl methyl sites for hydroxylation is 1. The Morgan fingerprint density at radius 3 is 2.70 bits per heavy atom. The summed E-state index contributed by atoms with van der Waals surface area (Å²) in [7, 11) is 0. The molecule has 27 heavy (non-hydrogen) atoms. The summed E-state index contributed by atoms with van der Waals surface area (Å²) >= 11 is 0. The summed E-state index contributed by atoms with van der Waals surface area (Å²) in [5.74, 6) is -0.709. The van der Waals surface area contributed by atoms with Crippen molar-refractivity contribution in [2.45, 2.75) is 6.92 Å². The Bertz CT molecular complexity index is 1140. The molecule has 0 fully saturated rings. The van der Waals surface area contributed by atoms with Crippen LogP contribution >= 0.6 is 0 Å². The van der Waals surface area contributed by atoms with Crippen LogP contribution in [0.5, 0.6) is 0 Å². The number of halogens is 1. The molecule has 0 aliphatic rings. The lowest BCUT2D eigenvalue weighted by atomic mass is 10.0. The molecule has 0 aliphatic carbocycles. The van der Waals surface area contributed by atoms with Gasteiger partial charge in [0.25, 0.3) is 5.91 Å². The van der Waals surface area contributed by atoms with E-state index in [0.29, 0.717) is 22.5 Å². The molecule has 0 atom stereocenters. The lowest BCUT2D eigenvalue weighted by molar-refractivity contribution is 0.102. The number of anilines is 1. The third kappa shape index (κ3) is 3.40. The fourth-order valence-corrected chi connectivity index (χ4v) is 2.94. The van der Waals surface area contributed by atoms with Crippen LogP contribution in [0.15, 0.2) is 73.1 Å². The highest BCUT2D eigenvalue weighted by Crippen LogP contribution is 2.26. The van der Waals surface area contributed by atoms with Gasteiger partial charge in [-0.1, -0.05) is 24.3 Å². The van der Waals surface area contributed by atoms with Gasteiger partial charge in [-0.25, -0.2) is 9.37 Å². The van der Waals surface area contributed by atoms with Crippen LogP contribution in [-0.2, 0) is 0 Å². The van der Waals surface area contributed by atoms with Gasteiger partial charge in [-0.15, -0.1) is 0 Å². The molecule has 4 rings (SSSR count). The molecule has 4 nitrogen and oxygen atoms in total. The molecule has 4 aromatic rings. The Morgan fingerprint density at radius 2 is 1.89 bits per heavy atom. The molecule has 1 amide bonds. The molecule has 2 aromatic carbocycles. The van der Waals surface area contributed by atoms with Gasteiger partial charge in [0.1, 0.15) is 5.82 Å². The van der Waals surface area contributed by atoms with Gasteiger partial charge < -0.3 is 5.32 Å². The molecule has 2 aromatic heterocycles. The van der Waals surface area contributed by atoms with Gasteiger partial charge in [0.15, 0.2) is 0 Å². The van der Waals surface area contributed by atoms with Crippen molar-refractivity contribution in [3.63, 3.8) is 0 Å². The van der Waals surface area contributed by atoms with Crippen molar-refractivity contribution in [1.82, 2.24) is 9.97 Å². The van der Waals surface area contributed by atoms with Gasteiger partial charge in [0.05, 0.1) is 16.8 Å². The summed E-state index contributed by atoms with van der Waals surface area (Å²) in [5, 5.41) is 3.55. The van der Waals surface area contributed by atoms with Crippen molar-refractivity contribution >= 4 is 22.5 Å². The van der Waals surface area contributed by atoms with Crippen molar-refractivity contribution in [3.05, 3.63) is 90.0 Å². The minimum Gasteiger partial charge on any atom is -0.322 e. The first-order valence-electron chi connectivity index (χ1n) is 8.49. The minimum atomic E-state index is -0.397. The number of rotatable bonds is 3. The number of para-hydroxylation sites is 1. The van der Waals surface area contributed by atoms with Crippen LogP contribution in [0.4, 0.5) is 10.1 Å². The molecule has 2 heterocycles. The number of hydrogen-bond acceptors (Lipinski definition) is 3. The van der Waals surface area contributed by atoms with Crippen LogP contribution in [0.25, 0.3) is 22.2 Å². The Hall–Kier alpha value is -3.60. The largest absolute Gasteiger partial charge is 0.322 e. The molecule has 0 bridgehead atoms. The van der Waals surface area contributed by atoms with Crippen LogP contribution in [0, 0.1) is 12.7 Å². The summed E-state index contributed by atoms with van der Waals surface area (Å²) in [6.07, 6.45) is 3.39. The number of nitrogens with one attached hydrogen (secondary N) is 1. The first kappa shape index (κ1) is 16.8. The monoisotopic (exact) mass is 357 g/mol. The molecule has 0 aliphatic heterocycles. The van der Waals surface area contributed by atoms with Crippen LogP contribution in [0.1, 0.15) is 15.9 Å². The Kier molecular flexibility index (Phi) is 4.34. The molecule has 0 radical (unpaired) electrons. The summed E-state index contributed by atoms with van der Waals surface area (Å²) in [5.41, 5.74) is 3.89. The molecule has 0 saturated heterocycles. The van der Waals surface area contributed by atoms with Gasteiger partial charge in [-0.2, -0.15) is 0 Å². The zero-order chi connectivity index (χ0) is 18.8. The quantitative estimate of drug-likeness (QED) is 0.561. The zero-order valence-corrected chi connectivity index (χ0v) is 14.6. The van der Waals surface area contributed by atoms with Crippen LogP contribution < -0.4 is 5.32 Å².